The molecule has 13 heteroatoms. The number of thiol groups is 1. The fourth-order valence-corrected chi connectivity index (χ4v) is 3.15. The second-order valence-corrected chi connectivity index (χ2v) is 7.07. The number of nitrogens with one attached hydrogen (secondary N) is 2. The number of carboxylic acid groups (broad SMARTS) is 2. The molecule has 3 amide bonds. The molecule has 0 aliphatic carbocycles. The van der Waals surface area contributed by atoms with Crippen LogP contribution in [0, 0.1) is 0 Å². The highest BCUT2D eigenvalue weighted by atomic mass is 32.1. The number of hydrogen-bond donors (Lipinski definition) is 7. The largest absolute Gasteiger partial charge is 0.481 e. The number of amides is 3. The quantitative estimate of drug-likeness (QED) is 0.177. The lowest BCUT2D eigenvalue weighted by Gasteiger charge is -2.28. The van der Waals surface area contributed by atoms with Crippen LogP contribution < -0.4 is 16.4 Å². The van der Waals surface area contributed by atoms with Crippen LogP contribution in [0.3, 0.4) is 0 Å². The standard InChI is InChI=1S/C16H26N4O8S/c1-7(21)12(16(27)28)19-13(24)9(6-29)18-14(25)10-3-2-4-20(10)15(26)8(17)5-11(22)23/h7-10,12,21,29H,2-6,17H2,1H3,(H,18,25)(H,19,24)(H,22,23)(H,27,28). The Morgan fingerprint density at radius 1 is 1.21 bits per heavy atom. The van der Waals surface area contributed by atoms with Crippen molar-refractivity contribution in [1.82, 2.24) is 15.5 Å². The number of aliphatic carboxylic acids is 2. The highest BCUT2D eigenvalue weighted by molar-refractivity contribution is 7.80. The Morgan fingerprint density at radius 3 is 2.31 bits per heavy atom. The van der Waals surface area contributed by atoms with E-state index in [0.29, 0.717) is 12.8 Å². The molecular formula is C16H26N4O8S. The molecule has 5 atom stereocenters. The van der Waals surface area contributed by atoms with Gasteiger partial charge in [-0.1, -0.05) is 0 Å². The lowest BCUT2D eigenvalue weighted by Crippen LogP contribution is -2.58. The van der Waals surface area contributed by atoms with Crippen molar-refractivity contribution in [2.24, 2.45) is 5.73 Å². The minimum atomic E-state index is -1.57. The molecule has 0 saturated carbocycles. The van der Waals surface area contributed by atoms with Gasteiger partial charge in [-0.3, -0.25) is 19.2 Å². The Balaban J connectivity index is 2.80. The van der Waals surface area contributed by atoms with Crippen molar-refractivity contribution >= 4 is 42.3 Å². The molecule has 29 heavy (non-hydrogen) atoms. The zero-order valence-corrected chi connectivity index (χ0v) is 16.7. The molecule has 1 fully saturated rings. The van der Waals surface area contributed by atoms with Gasteiger partial charge in [-0.2, -0.15) is 12.6 Å². The van der Waals surface area contributed by atoms with Gasteiger partial charge in [-0.15, -0.1) is 0 Å². The Labute approximate surface area is 172 Å². The van der Waals surface area contributed by atoms with E-state index in [1.54, 1.807) is 0 Å². The lowest BCUT2D eigenvalue weighted by molar-refractivity contribution is -0.145. The summed E-state index contributed by atoms with van der Waals surface area (Å²) in [6.45, 7) is 1.40. The number of likely N-dealkylation sites (tertiary alicyclic amines) is 1. The maximum atomic E-state index is 12.6. The summed E-state index contributed by atoms with van der Waals surface area (Å²) in [7, 11) is 0. The first-order valence-corrected chi connectivity index (χ1v) is 9.53. The third-order valence-corrected chi connectivity index (χ3v) is 4.78. The number of carboxylic acids is 2. The maximum Gasteiger partial charge on any atom is 0.328 e. The molecular weight excluding hydrogens is 408 g/mol. The van der Waals surface area contributed by atoms with Gasteiger partial charge in [0, 0.05) is 12.3 Å². The second-order valence-electron chi connectivity index (χ2n) is 6.70. The minimum absolute atomic E-state index is 0.164. The topological polar surface area (TPSA) is 199 Å². The monoisotopic (exact) mass is 434 g/mol. The van der Waals surface area contributed by atoms with Crippen LogP contribution in [0.5, 0.6) is 0 Å². The Kier molecular flexibility index (Phi) is 9.33. The predicted molar refractivity (Wildman–Crippen MR) is 102 cm³/mol. The molecule has 0 aromatic rings. The number of nitrogens with zero attached hydrogens (tertiary/aromatic N) is 1. The predicted octanol–water partition coefficient (Wildman–Crippen LogP) is -2.86. The van der Waals surface area contributed by atoms with Crippen LogP contribution in [0.1, 0.15) is 26.2 Å². The fraction of sp³-hybridized carbons (Fsp3) is 0.688. The van der Waals surface area contributed by atoms with E-state index in [1.807, 2.05) is 0 Å². The van der Waals surface area contributed by atoms with Crippen LogP contribution in [-0.2, 0) is 24.0 Å². The Morgan fingerprint density at radius 2 is 1.83 bits per heavy atom. The molecule has 1 aliphatic rings. The SMILES string of the molecule is CC(O)C(NC(=O)C(CS)NC(=O)C1CCCN1C(=O)C(N)CC(=O)O)C(=O)O. The van der Waals surface area contributed by atoms with Gasteiger partial charge in [-0.25, -0.2) is 4.79 Å². The van der Waals surface area contributed by atoms with Crippen LogP contribution in [-0.4, -0.2) is 92.4 Å². The van der Waals surface area contributed by atoms with Gasteiger partial charge < -0.3 is 36.6 Å². The summed E-state index contributed by atoms with van der Waals surface area (Å²) in [5.41, 5.74) is 5.59. The van der Waals surface area contributed by atoms with Gasteiger partial charge in [-0.05, 0) is 19.8 Å². The molecule has 1 rings (SSSR count). The Hall–Kier alpha value is -2.38. The molecule has 1 saturated heterocycles. The van der Waals surface area contributed by atoms with Gasteiger partial charge in [0.05, 0.1) is 18.6 Å². The van der Waals surface area contributed by atoms with Gasteiger partial charge in [0.25, 0.3) is 0 Å². The van der Waals surface area contributed by atoms with Crippen molar-refractivity contribution in [1.29, 1.82) is 0 Å². The zero-order valence-electron chi connectivity index (χ0n) is 15.8. The van der Waals surface area contributed by atoms with Crippen LogP contribution >= 0.6 is 12.6 Å². The summed E-state index contributed by atoms with van der Waals surface area (Å²) in [6, 6.07) is -5.02. The first kappa shape index (κ1) is 24.7. The lowest BCUT2D eigenvalue weighted by atomic mass is 10.1. The first-order valence-electron chi connectivity index (χ1n) is 8.89. The third-order valence-electron chi connectivity index (χ3n) is 4.41. The average molecular weight is 434 g/mol. The highest BCUT2D eigenvalue weighted by Gasteiger charge is 2.38. The molecule has 0 radical (unpaired) electrons. The number of hydrogen-bond acceptors (Lipinski definition) is 8. The fourth-order valence-electron chi connectivity index (χ4n) is 2.90. The molecule has 12 nitrogen and oxygen atoms in total. The number of nitrogens with two attached hydrogens (primary N) is 1. The van der Waals surface area contributed by atoms with Crippen LogP contribution in [0.15, 0.2) is 0 Å². The van der Waals surface area contributed by atoms with E-state index >= 15 is 0 Å². The average Bonchev–Trinajstić information content (AvgIpc) is 3.11. The van der Waals surface area contributed by atoms with Crippen molar-refractivity contribution in [3.8, 4) is 0 Å². The van der Waals surface area contributed by atoms with Gasteiger partial charge in [0.2, 0.25) is 17.7 Å². The highest BCUT2D eigenvalue weighted by Crippen LogP contribution is 2.19. The summed E-state index contributed by atoms with van der Waals surface area (Å²) < 4.78 is 0. The smallest absolute Gasteiger partial charge is 0.328 e. The molecule has 0 bridgehead atoms. The first-order chi connectivity index (χ1) is 13.5. The van der Waals surface area contributed by atoms with E-state index in [-0.39, 0.29) is 12.3 Å². The molecule has 164 valence electrons. The van der Waals surface area contributed by atoms with Crippen molar-refractivity contribution in [3.63, 3.8) is 0 Å². The van der Waals surface area contributed by atoms with E-state index in [0.717, 1.165) is 0 Å². The van der Waals surface area contributed by atoms with Crippen LogP contribution in [0.2, 0.25) is 0 Å². The molecule has 0 aromatic heterocycles. The summed E-state index contributed by atoms with van der Waals surface area (Å²) >= 11 is 3.98. The summed E-state index contributed by atoms with van der Waals surface area (Å²) in [4.78, 5) is 60.2. The van der Waals surface area contributed by atoms with Crippen molar-refractivity contribution < 1.29 is 39.3 Å². The van der Waals surface area contributed by atoms with Crippen molar-refractivity contribution in [3.05, 3.63) is 0 Å². The summed E-state index contributed by atoms with van der Waals surface area (Å²) in [5, 5.41) is 31.8. The van der Waals surface area contributed by atoms with Crippen LogP contribution in [0.4, 0.5) is 0 Å². The van der Waals surface area contributed by atoms with Gasteiger partial charge in [0.1, 0.15) is 12.1 Å². The number of aliphatic hydroxyl groups excluding tert-OH is 1. The van der Waals surface area contributed by atoms with Crippen LogP contribution in [0.25, 0.3) is 0 Å². The van der Waals surface area contributed by atoms with Gasteiger partial charge >= 0.3 is 11.9 Å². The van der Waals surface area contributed by atoms with E-state index in [1.165, 1.54) is 11.8 Å². The number of aliphatic hydroxyl groups is 1. The van der Waals surface area contributed by atoms with Crippen molar-refractivity contribution in [2.45, 2.75) is 56.5 Å². The molecule has 7 N–H and O–H groups in total. The molecule has 0 spiro atoms. The van der Waals surface area contributed by atoms with Gasteiger partial charge in [0.15, 0.2) is 6.04 Å². The number of carbonyl (C=O) groups excluding carboxylic acids is 3. The van der Waals surface area contributed by atoms with Crippen molar-refractivity contribution in [2.75, 3.05) is 12.3 Å². The number of carbonyl (C=O) groups is 5. The van der Waals surface area contributed by atoms with E-state index in [4.69, 9.17) is 15.9 Å². The third kappa shape index (κ3) is 6.87. The van der Waals surface area contributed by atoms with E-state index in [9.17, 15) is 29.1 Å². The number of rotatable bonds is 10. The summed E-state index contributed by atoms with van der Waals surface area (Å²) in [6.07, 6.45) is -1.17. The molecule has 0 aromatic carbocycles. The molecule has 1 aliphatic heterocycles. The maximum absolute atomic E-state index is 12.6. The zero-order chi connectivity index (χ0) is 22.3. The molecule has 5 unspecified atom stereocenters. The normalized spacial score (nSPS) is 20.3. The molecule has 1 heterocycles. The Bertz CT molecular complexity index is 659. The summed E-state index contributed by atoms with van der Waals surface area (Å²) in [5.74, 6) is -5.07. The van der Waals surface area contributed by atoms with E-state index in [2.05, 4.69) is 23.3 Å². The van der Waals surface area contributed by atoms with E-state index < -0.39 is 66.4 Å². The second kappa shape index (κ2) is 11.0. The minimum Gasteiger partial charge on any atom is -0.481 e.